The van der Waals surface area contributed by atoms with Crippen molar-refractivity contribution in [3.63, 3.8) is 0 Å². The van der Waals surface area contributed by atoms with Crippen LogP contribution in [-0.2, 0) is 23.9 Å². The Balaban J connectivity index is 4.58. The summed E-state index contributed by atoms with van der Waals surface area (Å²) in [6.07, 6.45) is 3.29. The Morgan fingerprint density at radius 2 is 1.72 bits per heavy atom. The van der Waals surface area contributed by atoms with Crippen LogP contribution in [0.1, 0.15) is 33.6 Å². The highest BCUT2D eigenvalue weighted by molar-refractivity contribution is 6.06. The number of Topliss-reactive ketones (excluding diaryl/α,β-unsaturated/α-hetero) is 1. The molecule has 0 aliphatic carbocycles. The van der Waals surface area contributed by atoms with Crippen molar-refractivity contribution < 1.29 is 23.9 Å². The Morgan fingerprint density at radius 1 is 1.11 bits per heavy atom. The predicted molar refractivity (Wildman–Crippen MR) is 65.8 cm³/mol. The van der Waals surface area contributed by atoms with Gasteiger partial charge in [0, 0.05) is 0 Å². The first-order valence-electron chi connectivity index (χ1n) is 6.02. The van der Waals surface area contributed by atoms with E-state index < -0.39 is 30.1 Å². The van der Waals surface area contributed by atoms with Crippen LogP contribution in [0.4, 0.5) is 0 Å². The van der Waals surface area contributed by atoms with E-state index in [0.29, 0.717) is 0 Å². The van der Waals surface area contributed by atoms with Crippen LogP contribution in [-0.4, -0.2) is 30.9 Å². The van der Waals surface area contributed by atoms with Crippen molar-refractivity contribution in [1.29, 1.82) is 0 Å². The summed E-state index contributed by atoms with van der Waals surface area (Å²) < 4.78 is 9.49. The number of hydrogen-bond donors (Lipinski definition) is 0. The third kappa shape index (κ3) is 6.18. The highest BCUT2D eigenvalue weighted by Gasteiger charge is 2.28. The molecule has 0 fully saturated rings. The van der Waals surface area contributed by atoms with Gasteiger partial charge in [-0.05, 0) is 27.2 Å². The van der Waals surface area contributed by atoms with Gasteiger partial charge in [-0.2, -0.15) is 0 Å². The molecule has 1 unspecified atom stereocenters. The molecule has 0 aromatic heterocycles. The van der Waals surface area contributed by atoms with E-state index in [9.17, 15) is 14.4 Å². The molecule has 0 bridgehead atoms. The Kier molecular flexibility index (Phi) is 8.53. The Bertz CT molecular complexity index is 319. The van der Waals surface area contributed by atoms with Gasteiger partial charge in [0.05, 0.1) is 13.2 Å². The number of esters is 2. The second kappa shape index (κ2) is 9.39. The third-order valence-corrected chi connectivity index (χ3v) is 2.19. The summed E-state index contributed by atoms with van der Waals surface area (Å²) in [6.45, 7) is 5.53. The van der Waals surface area contributed by atoms with Gasteiger partial charge in [0.25, 0.3) is 0 Å². The molecule has 0 aromatic carbocycles. The number of ketones is 1. The van der Waals surface area contributed by atoms with Gasteiger partial charge in [-0.3, -0.25) is 14.4 Å². The molecule has 0 saturated carbocycles. The Morgan fingerprint density at radius 3 is 2.22 bits per heavy atom. The van der Waals surface area contributed by atoms with E-state index in [4.69, 9.17) is 4.74 Å². The zero-order valence-corrected chi connectivity index (χ0v) is 11.1. The monoisotopic (exact) mass is 256 g/mol. The van der Waals surface area contributed by atoms with Crippen molar-refractivity contribution in [2.45, 2.75) is 33.6 Å². The van der Waals surface area contributed by atoms with Gasteiger partial charge in [-0.15, -0.1) is 0 Å². The second-order valence-corrected chi connectivity index (χ2v) is 3.56. The molecule has 0 aromatic rings. The van der Waals surface area contributed by atoms with Gasteiger partial charge in [0.15, 0.2) is 5.78 Å². The van der Waals surface area contributed by atoms with Crippen LogP contribution in [0.3, 0.4) is 0 Å². The first-order chi connectivity index (χ1) is 8.56. The summed E-state index contributed by atoms with van der Waals surface area (Å²) in [4.78, 5) is 34.6. The summed E-state index contributed by atoms with van der Waals surface area (Å²) in [7, 11) is 0. The predicted octanol–water partition coefficient (Wildman–Crippen LogP) is 1.65. The molecule has 1 atom stereocenters. The van der Waals surface area contributed by atoms with Crippen LogP contribution >= 0.6 is 0 Å². The number of ether oxygens (including phenoxy) is 2. The van der Waals surface area contributed by atoms with Gasteiger partial charge >= 0.3 is 11.9 Å². The minimum Gasteiger partial charge on any atom is -0.466 e. The maximum Gasteiger partial charge on any atom is 0.316 e. The standard InChI is InChI=1S/C13H20O5/c1-4-7-8-10(13(16)18-6-3)11(14)9-12(15)17-5-2/h4,7,10H,5-6,8-9H2,1-3H3/b7-4+. The maximum atomic E-state index is 11.8. The molecular weight excluding hydrogens is 236 g/mol. The lowest BCUT2D eigenvalue weighted by molar-refractivity contribution is -0.153. The summed E-state index contributed by atoms with van der Waals surface area (Å²) in [5.41, 5.74) is 0. The van der Waals surface area contributed by atoms with E-state index in [1.807, 2.05) is 0 Å². The fourth-order valence-electron chi connectivity index (χ4n) is 1.35. The molecule has 5 heteroatoms. The van der Waals surface area contributed by atoms with Crippen LogP contribution in [0, 0.1) is 5.92 Å². The first-order valence-corrected chi connectivity index (χ1v) is 6.02. The van der Waals surface area contributed by atoms with Crippen LogP contribution in [0.15, 0.2) is 12.2 Å². The second-order valence-electron chi connectivity index (χ2n) is 3.56. The molecule has 5 nitrogen and oxygen atoms in total. The highest BCUT2D eigenvalue weighted by Crippen LogP contribution is 2.12. The molecular formula is C13H20O5. The molecule has 0 radical (unpaired) electrons. The molecule has 0 heterocycles. The summed E-state index contributed by atoms with van der Waals surface area (Å²) in [5.74, 6) is -2.60. The highest BCUT2D eigenvalue weighted by atomic mass is 16.5. The zero-order valence-electron chi connectivity index (χ0n) is 11.1. The number of carbonyl (C=O) groups excluding carboxylic acids is 3. The average molecular weight is 256 g/mol. The third-order valence-electron chi connectivity index (χ3n) is 2.19. The van der Waals surface area contributed by atoms with E-state index in [1.54, 1.807) is 32.9 Å². The lowest BCUT2D eigenvalue weighted by Crippen LogP contribution is -2.28. The van der Waals surface area contributed by atoms with Gasteiger partial charge in [-0.1, -0.05) is 12.2 Å². The smallest absolute Gasteiger partial charge is 0.316 e. The lowest BCUT2D eigenvalue weighted by Gasteiger charge is -2.12. The molecule has 0 saturated heterocycles. The largest absolute Gasteiger partial charge is 0.466 e. The fraction of sp³-hybridized carbons (Fsp3) is 0.615. The van der Waals surface area contributed by atoms with Crippen molar-refractivity contribution >= 4 is 17.7 Å². The fourth-order valence-corrected chi connectivity index (χ4v) is 1.35. The Hall–Kier alpha value is -1.65. The molecule has 18 heavy (non-hydrogen) atoms. The van der Waals surface area contributed by atoms with Crippen LogP contribution in [0.5, 0.6) is 0 Å². The van der Waals surface area contributed by atoms with E-state index in [-0.39, 0.29) is 19.6 Å². The molecule has 0 amide bonds. The SMILES string of the molecule is C/C=C/CC(C(=O)CC(=O)OCC)C(=O)OCC. The average Bonchev–Trinajstić information content (AvgIpc) is 2.30. The van der Waals surface area contributed by atoms with Gasteiger partial charge in [0.1, 0.15) is 12.3 Å². The Labute approximate surface area is 107 Å². The first kappa shape index (κ1) is 16.4. The van der Waals surface area contributed by atoms with Crippen molar-refractivity contribution in [3.8, 4) is 0 Å². The van der Waals surface area contributed by atoms with Crippen LogP contribution < -0.4 is 0 Å². The number of allylic oxidation sites excluding steroid dienone is 2. The molecule has 0 rings (SSSR count). The molecule has 0 aliphatic heterocycles. The quantitative estimate of drug-likeness (QED) is 0.375. The summed E-state index contributed by atoms with van der Waals surface area (Å²) >= 11 is 0. The minimum atomic E-state index is -0.925. The van der Waals surface area contributed by atoms with Gasteiger partial charge in [0.2, 0.25) is 0 Å². The summed E-state index contributed by atoms with van der Waals surface area (Å²) in [6, 6.07) is 0. The van der Waals surface area contributed by atoms with Crippen molar-refractivity contribution in [1.82, 2.24) is 0 Å². The maximum absolute atomic E-state index is 11.8. The zero-order chi connectivity index (χ0) is 14.0. The number of rotatable bonds is 8. The van der Waals surface area contributed by atoms with Crippen LogP contribution in [0.25, 0.3) is 0 Å². The topological polar surface area (TPSA) is 69.7 Å². The van der Waals surface area contributed by atoms with Crippen molar-refractivity contribution in [2.75, 3.05) is 13.2 Å². The lowest BCUT2D eigenvalue weighted by atomic mass is 9.97. The molecule has 102 valence electrons. The molecule has 0 N–H and O–H groups in total. The number of carbonyl (C=O) groups is 3. The van der Waals surface area contributed by atoms with Crippen molar-refractivity contribution in [3.05, 3.63) is 12.2 Å². The summed E-state index contributed by atoms with van der Waals surface area (Å²) in [5, 5.41) is 0. The van der Waals surface area contributed by atoms with Gasteiger partial charge < -0.3 is 9.47 Å². The molecule has 0 spiro atoms. The van der Waals surface area contributed by atoms with E-state index >= 15 is 0 Å². The van der Waals surface area contributed by atoms with Gasteiger partial charge in [-0.25, -0.2) is 0 Å². The van der Waals surface area contributed by atoms with Crippen LogP contribution in [0.2, 0.25) is 0 Å². The number of hydrogen-bond acceptors (Lipinski definition) is 5. The van der Waals surface area contributed by atoms with Crippen molar-refractivity contribution in [2.24, 2.45) is 5.92 Å². The molecule has 0 aliphatic rings. The van der Waals surface area contributed by atoms with E-state index in [1.165, 1.54) is 0 Å². The minimum absolute atomic E-state index is 0.206. The van der Waals surface area contributed by atoms with E-state index in [2.05, 4.69) is 4.74 Å². The normalized spacial score (nSPS) is 12.2. The van der Waals surface area contributed by atoms with E-state index in [0.717, 1.165) is 0 Å².